The highest BCUT2D eigenvalue weighted by atomic mass is 19.2. The van der Waals surface area contributed by atoms with Crippen LogP contribution in [0.2, 0.25) is 0 Å². The minimum Gasteiger partial charge on any atom is -0.397 e. The van der Waals surface area contributed by atoms with E-state index in [1.165, 1.54) is 31.0 Å². The van der Waals surface area contributed by atoms with Crippen LogP contribution < -0.4 is 55.3 Å². The third kappa shape index (κ3) is 23.7. The van der Waals surface area contributed by atoms with Gasteiger partial charge in [-0.1, -0.05) is 54.6 Å². The summed E-state index contributed by atoms with van der Waals surface area (Å²) in [4.78, 5) is 71.2. The molecule has 7 heterocycles. The highest BCUT2D eigenvalue weighted by molar-refractivity contribution is 6.11. The van der Waals surface area contributed by atoms with Gasteiger partial charge in [0, 0.05) is 110 Å². The Hall–Kier alpha value is -17.7. The maximum absolute atomic E-state index is 13.4. The number of amides is 5. The average molecular weight is 1850 g/mol. The Bertz CT molecular complexity index is 7870. The zero-order valence-corrected chi connectivity index (χ0v) is 75.8. The molecule has 0 spiro atoms. The van der Waals surface area contributed by atoms with Crippen LogP contribution in [0.4, 0.5) is 78.8 Å². The van der Waals surface area contributed by atoms with Gasteiger partial charge in [0.05, 0.1) is 117 Å². The van der Waals surface area contributed by atoms with Crippen LogP contribution in [0.15, 0.2) is 286 Å². The molecule has 19 aromatic rings. The van der Waals surface area contributed by atoms with Gasteiger partial charge in [-0.2, -0.15) is 25.5 Å². The molecular weight excluding hydrogens is 1760 g/mol. The van der Waals surface area contributed by atoms with Crippen LogP contribution in [0.5, 0.6) is 0 Å². The Kier molecular flexibility index (Phi) is 27.9. The number of pyridine rings is 2. The Morgan fingerprint density at radius 2 is 0.645 bits per heavy atom. The van der Waals surface area contributed by atoms with Crippen molar-refractivity contribution in [2.75, 3.05) is 55.3 Å². The molecule has 1 aliphatic rings. The summed E-state index contributed by atoms with van der Waals surface area (Å²) in [6.07, 6.45) is 14.6. The highest BCUT2D eigenvalue weighted by Crippen LogP contribution is 2.33. The van der Waals surface area contributed by atoms with Crippen molar-refractivity contribution in [3.8, 4) is 0 Å². The number of halogens is 5. The van der Waals surface area contributed by atoms with E-state index in [0.29, 0.717) is 126 Å². The second kappa shape index (κ2) is 41.2. The number of carbonyl (C=O) groups excluding carboxylic acids is 5. The van der Waals surface area contributed by atoms with E-state index < -0.39 is 23.3 Å². The van der Waals surface area contributed by atoms with Crippen LogP contribution in [0, 0.1) is 76.5 Å². The number of nitrogens with zero attached hydrogens (tertiary/aromatic N) is 12. The van der Waals surface area contributed by atoms with Crippen LogP contribution >= 0.6 is 0 Å². The fraction of sp³-hybridized carbons (Fsp3) is 0.132. The van der Waals surface area contributed by atoms with Crippen molar-refractivity contribution in [3.05, 3.63) is 399 Å². The van der Waals surface area contributed by atoms with Crippen LogP contribution in [-0.4, -0.2) is 88.4 Å². The Labute approximate surface area is 788 Å². The summed E-state index contributed by atoms with van der Waals surface area (Å²) < 4.78 is 75.0. The Morgan fingerprint density at radius 3 is 0.971 bits per heavy atom. The molecule has 0 bridgehead atoms. The first-order chi connectivity index (χ1) is 66.3. The zero-order chi connectivity index (χ0) is 97.1. The third-order valence-electron chi connectivity index (χ3n) is 22.7. The summed E-state index contributed by atoms with van der Waals surface area (Å²) in [6, 6.07) is 68.7. The van der Waals surface area contributed by atoms with E-state index in [1.54, 1.807) is 142 Å². The van der Waals surface area contributed by atoms with Gasteiger partial charge in [-0.15, -0.1) is 0 Å². The molecule has 138 heavy (non-hydrogen) atoms. The van der Waals surface area contributed by atoms with Crippen molar-refractivity contribution >= 4 is 141 Å². The summed E-state index contributed by atoms with van der Waals surface area (Å²) >= 11 is 0. The molecule has 1 aliphatic carbocycles. The molecule has 0 radical (unpaired) electrons. The van der Waals surface area contributed by atoms with Gasteiger partial charge in [0.25, 0.3) is 29.5 Å². The fourth-order valence-corrected chi connectivity index (χ4v) is 15.3. The van der Waals surface area contributed by atoms with Gasteiger partial charge in [-0.25, -0.2) is 22.0 Å². The normalized spacial score (nSPS) is 11.5. The van der Waals surface area contributed by atoms with Crippen molar-refractivity contribution < 1.29 is 45.9 Å². The summed E-state index contributed by atoms with van der Waals surface area (Å²) in [5.41, 5.74) is 50.9. The number of benzene rings is 12. The van der Waals surface area contributed by atoms with E-state index in [2.05, 4.69) is 68.1 Å². The minimum atomic E-state index is -0.895. The number of nitrogen functional groups attached to an aromatic ring is 5. The van der Waals surface area contributed by atoms with Crippen molar-refractivity contribution in [2.45, 2.75) is 87.1 Å². The highest BCUT2D eigenvalue weighted by Gasteiger charge is 2.24. The van der Waals surface area contributed by atoms with Gasteiger partial charge >= 0.3 is 0 Å². The quantitative estimate of drug-likeness (QED) is 0.0250. The predicted molar refractivity (Wildman–Crippen MR) is 531 cm³/mol. The first kappa shape index (κ1) is 93.5. The molecule has 0 unspecified atom stereocenters. The maximum Gasteiger partial charge on any atom is 0.255 e. The SMILES string of the molecule is Cc1ccc(NC(=O)c2ccc3nn(CC4CC4)cc3c2)c(N)c1.Cc1ccc(NC(=O)c2ccc3nn(Cc4ccc(C)nc4C)cc3c2)c(N)c1.Cc1ccc(NC(=O)c2ccc3nn(Cc4ccc(F)c(F)c4)cc3c2)c(N)c1.Cc1ccc(NC(=O)c2ccc3nn(Cc4cncc(F)c4)cc3c2)c(N)c1.Nc1ccccc1NC(=O)c1ccc2nn(Cc3ccc(F)c(F)c3)cc2c1. The van der Waals surface area contributed by atoms with E-state index in [-0.39, 0.29) is 48.4 Å². The molecule has 1 saturated carbocycles. The molecule has 15 N–H and O–H groups in total. The molecule has 32 heteroatoms. The number of anilines is 10. The van der Waals surface area contributed by atoms with Crippen molar-refractivity contribution in [3.63, 3.8) is 0 Å². The molecule has 0 aliphatic heterocycles. The average Bonchev–Trinajstić information content (AvgIpc) is 1.67. The first-order valence-corrected chi connectivity index (χ1v) is 44.0. The molecule has 20 rings (SSSR count). The number of rotatable bonds is 20. The second-order valence-corrected chi connectivity index (χ2v) is 33.9. The van der Waals surface area contributed by atoms with Gasteiger partial charge in [0.2, 0.25) is 0 Å². The molecule has 12 aromatic carbocycles. The van der Waals surface area contributed by atoms with Gasteiger partial charge in [-0.05, 0) is 293 Å². The zero-order valence-electron chi connectivity index (χ0n) is 75.8. The Balaban J connectivity index is 0.000000125. The molecule has 0 saturated heterocycles. The lowest BCUT2D eigenvalue weighted by molar-refractivity contribution is 0.101. The summed E-state index contributed by atoms with van der Waals surface area (Å²) in [5, 5.41) is 40.9. The lowest BCUT2D eigenvalue weighted by Crippen LogP contribution is -2.13. The molecule has 5 amide bonds. The standard InChI is InChI=1S/C23H23N5O.C22H18F2N4O.C21H16F2N4O.C21H18FN5O.C19H20N4O/c1-14-4-8-22(20(24)10-14)26-23(29)17-7-9-21-19(11-17)13-28(27-21)12-18-6-5-15(2)25-16(18)3;1-13-2-6-21(19(25)8-13)26-22(29)15-4-7-20-16(10-15)12-28(27-20)11-14-3-5-17(23)18(24)9-14;22-16-7-5-13(9-17(16)23)11-27-12-15-10-14(6-8-19(15)26-27)21(28)25-20-4-2-1-3-18(20)24;1-13-2-4-20(18(23)6-13)25-21(28)15-3-5-19-16(8-15)12-27(26-19)11-14-7-17(22)10-24-9-14;1-12-2-6-18(16(20)8-12)21-19(24)14-5-7-17-15(9-14)11-23(22-17)10-13-3-4-13/h4-11,13H,12,24H2,1-3H3,(H,26,29);2-10,12H,11,25H2,1H3,(H,26,29);1-10,12H,11,24H2,(H,25,28);2-10,12H,11,23H2,1H3,(H,25,28);2,5-9,11,13H,3-4,10,20H2,1H3,(H,21,24). The first-order valence-electron chi connectivity index (χ1n) is 44.0. The summed E-state index contributed by atoms with van der Waals surface area (Å²) in [7, 11) is 0. The van der Waals surface area contributed by atoms with Crippen LogP contribution in [0.1, 0.15) is 121 Å². The van der Waals surface area contributed by atoms with E-state index >= 15 is 0 Å². The second-order valence-electron chi connectivity index (χ2n) is 33.9. The van der Waals surface area contributed by atoms with Gasteiger partial charge in [0.1, 0.15) is 5.82 Å². The fourth-order valence-electron chi connectivity index (χ4n) is 15.3. The number of carbonyl (C=O) groups is 5. The molecule has 694 valence electrons. The number of hydrogen-bond donors (Lipinski definition) is 10. The lowest BCUT2D eigenvalue weighted by Gasteiger charge is -2.09. The molecular formula is C106H95F5N22O5. The summed E-state index contributed by atoms with van der Waals surface area (Å²) in [6.45, 7) is 14.3. The van der Waals surface area contributed by atoms with E-state index in [0.717, 1.165) is 126 Å². The molecule has 0 atom stereocenters. The van der Waals surface area contributed by atoms with Crippen LogP contribution in [-0.2, 0) is 32.7 Å². The van der Waals surface area contributed by atoms with Crippen molar-refractivity contribution in [2.24, 2.45) is 5.92 Å². The number of hydrogen-bond acceptors (Lipinski definition) is 17. The molecule has 27 nitrogen and oxygen atoms in total. The third-order valence-corrected chi connectivity index (χ3v) is 22.7. The van der Waals surface area contributed by atoms with Gasteiger partial charge < -0.3 is 55.3 Å². The molecule has 1 fully saturated rings. The number of para-hydroxylation sites is 2. The topological polar surface area (TPSA) is 390 Å². The van der Waals surface area contributed by atoms with E-state index in [9.17, 15) is 45.9 Å². The lowest BCUT2D eigenvalue weighted by atomic mass is 10.1. The predicted octanol–water partition coefficient (Wildman–Crippen LogP) is 20.3. The Morgan fingerprint density at radius 1 is 0.319 bits per heavy atom. The minimum absolute atomic E-state index is 0.164. The van der Waals surface area contributed by atoms with Crippen LogP contribution in [0.25, 0.3) is 54.5 Å². The maximum atomic E-state index is 13.4. The monoisotopic (exact) mass is 1850 g/mol. The molecule has 7 aromatic heterocycles. The largest absolute Gasteiger partial charge is 0.397 e. The van der Waals surface area contributed by atoms with Gasteiger partial charge in [-0.3, -0.25) is 57.3 Å². The van der Waals surface area contributed by atoms with E-state index in [1.807, 2.05) is 154 Å². The number of fused-ring (bicyclic) bond motifs is 5. The van der Waals surface area contributed by atoms with Crippen molar-refractivity contribution in [1.29, 1.82) is 0 Å². The van der Waals surface area contributed by atoms with Gasteiger partial charge in [0.15, 0.2) is 23.3 Å². The smallest absolute Gasteiger partial charge is 0.255 e. The van der Waals surface area contributed by atoms with E-state index in [4.69, 9.17) is 28.7 Å². The summed E-state index contributed by atoms with van der Waals surface area (Å²) in [5.74, 6) is -4.36. The number of aromatic nitrogens is 12. The number of nitrogens with one attached hydrogen (secondary N) is 5. The number of nitrogens with two attached hydrogens (primary N) is 5. The van der Waals surface area contributed by atoms with Crippen molar-refractivity contribution in [1.82, 2.24) is 58.9 Å². The van der Waals surface area contributed by atoms with Crippen LogP contribution in [0.3, 0.4) is 0 Å². The number of aryl methyl sites for hydroxylation is 6.